The Morgan fingerprint density at radius 1 is 1.05 bits per heavy atom. The van der Waals surface area contributed by atoms with Gasteiger partial charge in [0.1, 0.15) is 11.6 Å². The lowest BCUT2D eigenvalue weighted by molar-refractivity contribution is -0.131. The maximum Gasteiger partial charge on any atom is 0.328 e. The van der Waals surface area contributed by atoms with E-state index in [4.69, 9.17) is 5.11 Å². The number of carboxylic acids is 1. The van der Waals surface area contributed by atoms with Crippen LogP contribution in [-0.4, -0.2) is 11.1 Å². The first-order valence-electron chi connectivity index (χ1n) is 6.50. The molecule has 1 N–H and O–H groups in total. The molecule has 0 aliphatic rings. The minimum atomic E-state index is -0.997. The van der Waals surface area contributed by atoms with Crippen molar-refractivity contribution in [2.24, 2.45) is 0 Å². The molecular formula is C17H14F2O2. The van der Waals surface area contributed by atoms with E-state index in [9.17, 15) is 13.6 Å². The minimum absolute atomic E-state index is 0.444. The molecule has 0 unspecified atom stereocenters. The van der Waals surface area contributed by atoms with Crippen molar-refractivity contribution < 1.29 is 18.7 Å². The third-order valence-corrected chi connectivity index (χ3v) is 3.13. The predicted molar refractivity (Wildman–Crippen MR) is 77.7 cm³/mol. The van der Waals surface area contributed by atoms with Crippen LogP contribution >= 0.6 is 0 Å². The van der Waals surface area contributed by atoms with Crippen LogP contribution in [-0.2, 0) is 4.79 Å². The Labute approximate surface area is 121 Å². The van der Waals surface area contributed by atoms with Crippen LogP contribution in [0.2, 0.25) is 0 Å². The molecule has 0 aliphatic carbocycles. The number of allylic oxidation sites excluding steroid dienone is 1. The molecule has 0 atom stereocenters. The Kier molecular flexibility index (Phi) is 4.48. The van der Waals surface area contributed by atoms with Crippen LogP contribution in [0.25, 0.3) is 16.7 Å². The fraction of sp³-hybridized carbons (Fsp3) is 0.118. The number of hydrogen-bond donors (Lipinski definition) is 1. The topological polar surface area (TPSA) is 37.3 Å². The van der Waals surface area contributed by atoms with E-state index >= 15 is 0 Å². The van der Waals surface area contributed by atoms with Crippen molar-refractivity contribution in [1.29, 1.82) is 0 Å². The molecule has 4 heteroatoms. The van der Waals surface area contributed by atoms with Gasteiger partial charge in [-0.2, -0.15) is 0 Å². The molecule has 2 aromatic rings. The molecule has 0 spiro atoms. The summed E-state index contributed by atoms with van der Waals surface area (Å²) in [6, 6.07) is 10.3. The average molecular weight is 288 g/mol. The highest BCUT2D eigenvalue weighted by Gasteiger charge is 2.05. The summed E-state index contributed by atoms with van der Waals surface area (Å²) in [6.45, 7) is 1.87. The van der Waals surface area contributed by atoms with Gasteiger partial charge in [-0.25, -0.2) is 13.6 Å². The number of carboxylic acid groups (broad SMARTS) is 1. The molecule has 2 aromatic carbocycles. The summed E-state index contributed by atoms with van der Waals surface area (Å²) in [6.07, 6.45) is 1.75. The van der Waals surface area contributed by atoms with Crippen molar-refractivity contribution in [3.05, 3.63) is 65.7 Å². The smallest absolute Gasteiger partial charge is 0.328 e. The van der Waals surface area contributed by atoms with Crippen LogP contribution in [0.1, 0.15) is 18.9 Å². The molecule has 0 amide bonds. The lowest BCUT2D eigenvalue weighted by Gasteiger charge is -2.07. The first-order valence-corrected chi connectivity index (χ1v) is 6.50. The highest BCUT2D eigenvalue weighted by Crippen LogP contribution is 2.25. The molecule has 0 bridgehead atoms. The Morgan fingerprint density at radius 3 is 2.10 bits per heavy atom. The van der Waals surface area contributed by atoms with Gasteiger partial charge in [0.05, 0.1) is 0 Å². The van der Waals surface area contributed by atoms with Crippen molar-refractivity contribution in [1.82, 2.24) is 0 Å². The van der Waals surface area contributed by atoms with Crippen LogP contribution < -0.4 is 0 Å². The van der Waals surface area contributed by atoms with Gasteiger partial charge in [-0.15, -0.1) is 0 Å². The predicted octanol–water partition coefficient (Wildman–Crippen LogP) is 4.51. The van der Waals surface area contributed by atoms with Crippen LogP contribution in [0.4, 0.5) is 8.78 Å². The zero-order valence-electron chi connectivity index (χ0n) is 11.4. The van der Waals surface area contributed by atoms with Crippen LogP contribution in [0.15, 0.2) is 48.5 Å². The van der Waals surface area contributed by atoms with E-state index < -0.39 is 17.6 Å². The summed E-state index contributed by atoms with van der Waals surface area (Å²) < 4.78 is 26.4. The van der Waals surface area contributed by atoms with Gasteiger partial charge in [0.25, 0.3) is 0 Å². The number of hydrogen-bond acceptors (Lipinski definition) is 1. The highest BCUT2D eigenvalue weighted by molar-refractivity contribution is 5.90. The monoisotopic (exact) mass is 288 g/mol. The lowest BCUT2D eigenvalue weighted by Crippen LogP contribution is -1.92. The van der Waals surface area contributed by atoms with Crippen molar-refractivity contribution >= 4 is 11.5 Å². The Balaban J connectivity index is 2.36. The van der Waals surface area contributed by atoms with E-state index in [0.717, 1.165) is 17.7 Å². The van der Waals surface area contributed by atoms with Crippen molar-refractivity contribution in [3.63, 3.8) is 0 Å². The summed E-state index contributed by atoms with van der Waals surface area (Å²) in [5.41, 5.74) is 2.59. The molecule has 0 aliphatic heterocycles. The van der Waals surface area contributed by atoms with E-state index in [0.29, 0.717) is 23.1 Å². The number of carbonyl (C=O) groups is 1. The second-order valence-electron chi connectivity index (χ2n) is 4.60. The average Bonchev–Trinajstić information content (AvgIpc) is 2.44. The summed E-state index contributed by atoms with van der Waals surface area (Å²) in [5.74, 6) is -2.26. The van der Waals surface area contributed by atoms with E-state index in [2.05, 4.69) is 0 Å². The Hall–Kier alpha value is -2.49. The van der Waals surface area contributed by atoms with Gasteiger partial charge in [-0.05, 0) is 40.8 Å². The van der Waals surface area contributed by atoms with E-state index in [1.165, 1.54) is 12.1 Å². The maximum absolute atomic E-state index is 13.2. The first-order chi connectivity index (χ1) is 9.99. The third kappa shape index (κ3) is 3.75. The number of benzene rings is 2. The zero-order chi connectivity index (χ0) is 15.4. The number of halogens is 2. The minimum Gasteiger partial charge on any atom is -0.478 e. The van der Waals surface area contributed by atoms with Crippen molar-refractivity contribution in [3.8, 4) is 11.1 Å². The second kappa shape index (κ2) is 6.31. The number of rotatable bonds is 4. The molecule has 21 heavy (non-hydrogen) atoms. The van der Waals surface area contributed by atoms with Crippen LogP contribution in [0, 0.1) is 11.6 Å². The molecule has 108 valence electrons. The highest BCUT2D eigenvalue weighted by atomic mass is 19.1. The molecule has 2 nitrogen and oxygen atoms in total. The van der Waals surface area contributed by atoms with E-state index in [1.54, 1.807) is 24.3 Å². The van der Waals surface area contributed by atoms with Crippen molar-refractivity contribution in [2.75, 3.05) is 0 Å². The first kappa shape index (κ1) is 14.9. The van der Waals surface area contributed by atoms with Gasteiger partial charge in [0, 0.05) is 12.1 Å². The largest absolute Gasteiger partial charge is 0.478 e. The van der Waals surface area contributed by atoms with Crippen LogP contribution in [0.5, 0.6) is 0 Å². The fourth-order valence-corrected chi connectivity index (χ4v) is 2.14. The van der Waals surface area contributed by atoms with Gasteiger partial charge in [0.15, 0.2) is 0 Å². The molecule has 0 aromatic heterocycles. The SMILES string of the molecule is CC/C(=C\C(=O)O)c1ccc(-c2cc(F)cc(F)c2)cc1. The molecule has 0 heterocycles. The molecule has 0 saturated carbocycles. The van der Waals surface area contributed by atoms with Gasteiger partial charge in [-0.3, -0.25) is 0 Å². The molecule has 0 fully saturated rings. The summed E-state index contributed by atoms with van der Waals surface area (Å²) in [4.78, 5) is 10.7. The van der Waals surface area contributed by atoms with E-state index in [-0.39, 0.29) is 0 Å². The summed E-state index contributed by atoms with van der Waals surface area (Å²) >= 11 is 0. The molecule has 2 rings (SSSR count). The molecule has 0 radical (unpaired) electrons. The fourth-order valence-electron chi connectivity index (χ4n) is 2.14. The quantitative estimate of drug-likeness (QED) is 0.840. The molecular weight excluding hydrogens is 274 g/mol. The number of aliphatic carboxylic acids is 1. The van der Waals surface area contributed by atoms with Crippen LogP contribution in [0.3, 0.4) is 0 Å². The Morgan fingerprint density at radius 2 is 1.62 bits per heavy atom. The normalized spacial score (nSPS) is 11.5. The van der Waals surface area contributed by atoms with Crippen molar-refractivity contribution in [2.45, 2.75) is 13.3 Å². The van der Waals surface area contributed by atoms with Gasteiger partial charge in [0.2, 0.25) is 0 Å². The van der Waals surface area contributed by atoms with E-state index in [1.807, 2.05) is 6.92 Å². The standard InChI is InChI=1S/C17H14F2O2/c1-2-11(9-17(20)21)12-3-5-13(6-4-12)14-7-15(18)10-16(19)8-14/h3-10H,2H2,1H3,(H,20,21)/b11-9+. The Bertz CT molecular complexity index is 668. The summed E-state index contributed by atoms with van der Waals surface area (Å²) in [7, 11) is 0. The van der Waals surface area contributed by atoms with Gasteiger partial charge in [-0.1, -0.05) is 31.2 Å². The maximum atomic E-state index is 13.2. The third-order valence-electron chi connectivity index (χ3n) is 3.13. The zero-order valence-corrected chi connectivity index (χ0v) is 11.4. The molecule has 0 saturated heterocycles. The van der Waals surface area contributed by atoms with Gasteiger partial charge < -0.3 is 5.11 Å². The summed E-state index contributed by atoms with van der Waals surface area (Å²) in [5, 5.41) is 8.81. The second-order valence-corrected chi connectivity index (χ2v) is 4.60. The lowest BCUT2D eigenvalue weighted by atomic mass is 9.98. The van der Waals surface area contributed by atoms with Gasteiger partial charge >= 0.3 is 5.97 Å².